The number of hydrogen-bond donors (Lipinski definition) is 1. The van der Waals surface area contributed by atoms with Crippen LogP contribution in [0.3, 0.4) is 0 Å². The molecule has 1 fully saturated rings. The smallest absolute Gasteiger partial charge is 0.410 e. The summed E-state index contributed by atoms with van der Waals surface area (Å²) in [6.45, 7) is 10.7. The number of carbonyl (C=O) groups excluding carboxylic acids is 2. The Morgan fingerprint density at radius 2 is 1.78 bits per heavy atom. The average molecular weight is 462 g/mol. The van der Waals surface area contributed by atoms with Crippen LogP contribution in [0, 0.1) is 5.82 Å². The number of thiazole rings is 1. The molecule has 0 bridgehead atoms. The van der Waals surface area contributed by atoms with Gasteiger partial charge >= 0.3 is 6.09 Å². The molecule has 1 aliphatic heterocycles. The van der Waals surface area contributed by atoms with Gasteiger partial charge in [0.05, 0.1) is 5.01 Å². The van der Waals surface area contributed by atoms with Crippen LogP contribution in [0.5, 0.6) is 0 Å². The van der Waals surface area contributed by atoms with Crippen molar-refractivity contribution in [2.75, 3.05) is 13.1 Å². The molecule has 1 saturated heterocycles. The summed E-state index contributed by atoms with van der Waals surface area (Å²) in [5.74, 6) is -0.263. The first-order valence-electron chi connectivity index (χ1n) is 10.9. The fraction of sp³-hybridized carbons (Fsp3) is 0.542. The van der Waals surface area contributed by atoms with E-state index in [0.29, 0.717) is 25.2 Å². The molecule has 6 nitrogen and oxygen atoms in total. The number of hydrogen-bond acceptors (Lipinski definition) is 5. The Kier molecular flexibility index (Phi) is 7.22. The molecule has 1 aromatic carbocycles. The molecule has 0 radical (unpaired) electrons. The molecule has 0 saturated carbocycles. The van der Waals surface area contributed by atoms with E-state index in [0.717, 1.165) is 23.4 Å². The molecule has 3 rings (SSSR count). The standard InChI is InChI=1S/C24H32FN3O3S/c1-23(2,3)31-22(30)28-12-10-17(11-13-28)21-26-19(15-32-21)20(29)27-24(4,5)14-16-6-8-18(25)9-7-16/h6-9,15,17H,10-14H2,1-5H3,(H,27,29). The van der Waals surface area contributed by atoms with Crippen LogP contribution in [0.2, 0.25) is 0 Å². The number of ether oxygens (including phenoxy) is 1. The van der Waals surface area contributed by atoms with Gasteiger partial charge in [0.2, 0.25) is 0 Å². The zero-order valence-electron chi connectivity index (χ0n) is 19.4. The van der Waals surface area contributed by atoms with Gasteiger partial charge < -0.3 is 15.0 Å². The number of piperidine rings is 1. The van der Waals surface area contributed by atoms with Crippen molar-refractivity contribution in [1.29, 1.82) is 0 Å². The minimum Gasteiger partial charge on any atom is -0.444 e. The molecule has 174 valence electrons. The molecule has 2 heterocycles. The largest absolute Gasteiger partial charge is 0.444 e. The molecule has 8 heteroatoms. The predicted molar refractivity (Wildman–Crippen MR) is 124 cm³/mol. The Bertz CT molecular complexity index is 942. The Hall–Kier alpha value is -2.48. The van der Waals surface area contributed by atoms with E-state index in [1.54, 1.807) is 22.4 Å². The Morgan fingerprint density at radius 1 is 1.16 bits per heavy atom. The Labute approximate surface area is 193 Å². The summed E-state index contributed by atoms with van der Waals surface area (Å²) in [7, 11) is 0. The molecule has 32 heavy (non-hydrogen) atoms. The molecule has 2 aromatic rings. The van der Waals surface area contributed by atoms with Crippen LogP contribution >= 0.6 is 11.3 Å². The van der Waals surface area contributed by atoms with Crippen molar-refractivity contribution < 1.29 is 18.7 Å². The summed E-state index contributed by atoms with van der Waals surface area (Å²) in [4.78, 5) is 31.4. The Morgan fingerprint density at radius 3 is 2.38 bits per heavy atom. The molecule has 1 N–H and O–H groups in total. The van der Waals surface area contributed by atoms with Crippen LogP contribution in [0.25, 0.3) is 0 Å². The highest BCUT2D eigenvalue weighted by molar-refractivity contribution is 7.09. The van der Waals surface area contributed by atoms with Gasteiger partial charge in [-0.15, -0.1) is 11.3 Å². The highest BCUT2D eigenvalue weighted by atomic mass is 32.1. The summed E-state index contributed by atoms with van der Waals surface area (Å²) in [6, 6.07) is 6.31. The first kappa shape index (κ1) is 24.2. The van der Waals surface area contributed by atoms with Gasteiger partial charge in [0.25, 0.3) is 5.91 Å². The minimum absolute atomic E-state index is 0.217. The van der Waals surface area contributed by atoms with Crippen LogP contribution in [0.1, 0.15) is 74.4 Å². The normalized spacial score (nSPS) is 15.5. The lowest BCUT2D eigenvalue weighted by molar-refractivity contribution is 0.0204. The number of amides is 2. The van der Waals surface area contributed by atoms with Crippen molar-refractivity contribution in [1.82, 2.24) is 15.2 Å². The zero-order valence-corrected chi connectivity index (χ0v) is 20.2. The maximum atomic E-state index is 13.1. The summed E-state index contributed by atoms with van der Waals surface area (Å²) >= 11 is 1.49. The molecular weight excluding hydrogens is 429 g/mol. The number of carbonyl (C=O) groups is 2. The third-order valence-electron chi connectivity index (χ3n) is 5.26. The molecule has 0 spiro atoms. The molecule has 0 aliphatic carbocycles. The van der Waals surface area contributed by atoms with Crippen molar-refractivity contribution in [3.63, 3.8) is 0 Å². The van der Waals surface area contributed by atoms with Crippen LogP contribution < -0.4 is 5.32 Å². The highest BCUT2D eigenvalue weighted by Gasteiger charge is 2.30. The summed E-state index contributed by atoms with van der Waals surface area (Å²) < 4.78 is 18.6. The maximum absolute atomic E-state index is 13.1. The number of halogens is 1. The summed E-state index contributed by atoms with van der Waals surface area (Å²) in [5.41, 5.74) is 0.354. The maximum Gasteiger partial charge on any atom is 0.410 e. The Balaban J connectivity index is 1.54. The molecular formula is C24H32FN3O3S. The second kappa shape index (κ2) is 9.57. The summed E-state index contributed by atoms with van der Waals surface area (Å²) in [6.07, 6.45) is 1.89. The van der Waals surface area contributed by atoms with Crippen LogP contribution in [0.15, 0.2) is 29.6 Å². The van der Waals surface area contributed by atoms with Crippen molar-refractivity contribution in [3.05, 3.63) is 51.7 Å². The van der Waals surface area contributed by atoms with Crippen LogP contribution in [-0.2, 0) is 11.2 Å². The SMILES string of the molecule is CC(C)(Cc1ccc(F)cc1)NC(=O)c1csc(C2CCN(C(=O)OC(C)(C)C)CC2)n1. The van der Waals surface area contributed by atoms with Gasteiger partial charge in [-0.25, -0.2) is 14.2 Å². The van der Waals surface area contributed by atoms with E-state index < -0.39 is 11.1 Å². The first-order chi connectivity index (χ1) is 14.9. The van der Waals surface area contributed by atoms with Crippen LogP contribution in [0.4, 0.5) is 9.18 Å². The second-order valence-corrected chi connectivity index (χ2v) is 10.8. The van der Waals surface area contributed by atoms with Crippen molar-refractivity contribution in [2.45, 2.75) is 70.9 Å². The number of likely N-dealkylation sites (tertiary alicyclic amines) is 1. The van der Waals surface area contributed by atoms with E-state index in [4.69, 9.17) is 4.74 Å². The van der Waals surface area contributed by atoms with E-state index in [1.165, 1.54) is 23.5 Å². The molecule has 1 aromatic heterocycles. The van der Waals surface area contributed by atoms with E-state index in [-0.39, 0.29) is 23.7 Å². The summed E-state index contributed by atoms with van der Waals surface area (Å²) in [5, 5.41) is 5.75. The fourth-order valence-electron chi connectivity index (χ4n) is 3.74. The van der Waals surface area contributed by atoms with Gasteiger partial charge in [0.15, 0.2) is 0 Å². The monoisotopic (exact) mass is 461 g/mol. The third kappa shape index (κ3) is 6.76. The third-order valence-corrected chi connectivity index (χ3v) is 6.27. The average Bonchev–Trinajstić information content (AvgIpc) is 3.18. The van der Waals surface area contributed by atoms with Crippen LogP contribution in [-0.4, -0.2) is 46.1 Å². The number of rotatable bonds is 5. The van der Waals surface area contributed by atoms with E-state index in [1.807, 2.05) is 34.6 Å². The highest BCUT2D eigenvalue weighted by Crippen LogP contribution is 2.31. The van der Waals surface area contributed by atoms with Gasteiger partial charge in [0, 0.05) is 29.9 Å². The van der Waals surface area contributed by atoms with E-state index >= 15 is 0 Å². The van der Waals surface area contributed by atoms with Gasteiger partial charge in [0.1, 0.15) is 17.1 Å². The van der Waals surface area contributed by atoms with Crippen molar-refractivity contribution in [3.8, 4) is 0 Å². The first-order valence-corrected chi connectivity index (χ1v) is 11.8. The predicted octanol–water partition coefficient (Wildman–Crippen LogP) is 5.15. The fourth-order valence-corrected chi connectivity index (χ4v) is 4.71. The topological polar surface area (TPSA) is 71.5 Å². The number of aromatic nitrogens is 1. The molecule has 0 unspecified atom stereocenters. The van der Waals surface area contributed by atoms with Crippen molar-refractivity contribution >= 4 is 23.3 Å². The lowest BCUT2D eigenvalue weighted by atomic mass is 9.94. The van der Waals surface area contributed by atoms with Gasteiger partial charge in [-0.3, -0.25) is 4.79 Å². The minimum atomic E-state index is -0.504. The number of nitrogens with zero attached hydrogens (tertiary/aromatic N) is 2. The number of nitrogens with one attached hydrogen (secondary N) is 1. The molecule has 1 aliphatic rings. The van der Waals surface area contributed by atoms with E-state index in [9.17, 15) is 14.0 Å². The van der Waals surface area contributed by atoms with Gasteiger partial charge in [-0.05, 0) is 71.6 Å². The van der Waals surface area contributed by atoms with E-state index in [2.05, 4.69) is 10.3 Å². The molecule has 2 amide bonds. The van der Waals surface area contributed by atoms with Gasteiger partial charge in [-0.2, -0.15) is 0 Å². The lowest BCUT2D eigenvalue weighted by Gasteiger charge is -2.32. The van der Waals surface area contributed by atoms with Gasteiger partial charge in [-0.1, -0.05) is 12.1 Å². The quantitative estimate of drug-likeness (QED) is 0.669. The lowest BCUT2D eigenvalue weighted by Crippen LogP contribution is -2.45. The van der Waals surface area contributed by atoms with Crippen molar-refractivity contribution in [2.24, 2.45) is 0 Å². The second-order valence-electron chi connectivity index (χ2n) is 9.95. The molecule has 0 atom stereocenters. The number of benzene rings is 1. The zero-order chi connectivity index (χ0) is 23.5.